The Labute approximate surface area is 132 Å². The van der Waals surface area contributed by atoms with E-state index in [0.29, 0.717) is 5.75 Å². The van der Waals surface area contributed by atoms with E-state index in [4.69, 9.17) is 4.74 Å². The summed E-state index contributed by atoms with van der Waals surface area (Å²) in [6.45, 7) is 4.13. The van der Waals surface area contributed by atoms with Crippen molar-refractivity contribution in [1.29, 1.82) is 0 Å². The number of ether oxygens (including phenoxy) is 1. The van der Waals surface area contributed by atoms with Gasteiger partial charge in [-0.15, -0.1) is 16.9 Å². The molecule has 0 fully saturated rings. The van der Waals surface area contributed by atoms with Crippen molar-refractivity contribution in [1.82, 2.24) is 25.2 Å². The molecule has 0 bridgehead atoms. The van der Waals surface area contributed by atoms with Gasteiger partial charge >= 0.3 is 0 Å². The lowest BCUT2D eigenvalue weighted by Gasteiger charge is -2.10. The van der Waals surface area contributed by atoms with Crippen LogP contribution in [0.1, 0.15) is 25.7 Å². The summed E-state index contributed by atoms with van der Waals surface area (Å²) in [7, 11) is 1.66. The van der Waals surface area contributed by atoms with E-state index >= 15 is 0 Å². The van der Waals surface area contributed by atoms with Crippen molar-refractivity contribution in [2.24, 2.45) is 0 Å². The molecule has 0 aliphatic heterocycles. The Morgan fingerprint density at radius 1 is 1.27 bits per heavy atom. The second kappa shape index (κ2) is 6.31. The highest BCUT2D eigenvalue weighted by atomic mass is 32.2. The lowest BCUT2D eigenvalue weighted by molar-refractivity contribution is 0.419. The number of benzene rings is 1. The minimum Gasteiger partial charge on any atom is -0.494 e. The zero-order valence-corrected chi connectivity index (χ0v) is 13.5. The molecule has 0 saturated carbocycles. The quantitative estimate of drug-likeness (QED) is 0.674. The molecule has 1 aromatic carbocycles. The van der Waals surface area contributed by atoms with Crippen LogP contribution in [-0.2, 0) is 5.75 Å². The van der Waals surface area contributed by atoms with Crippen molar-refractivity contribution >= 4 is 22.7 Å². The maximum atomic E-state index is 5.38. The summed E-state index contributed by atoms with van der Waals surface area (Å²) in [5.41, 5.74) is 0.874. The van der Waals surface area contributed by atoms with Crippen LogP contribution in [0, 0.1) is 0 Å². The Morgan fingerprint density at radius 3 is 2.91 bits per heavy atom. The molecule has 0 amide bonds. The van der Waals surface area contributed by atoms with Crippen molar-refractivity contribution in [3.05, 3.63) is 36.3 Å². The van der Waals surface area contributed by atoms with Crippen molar-refractivity contribution in [2.45, 2.75) is 30.5 Å². The fourth-order valence-corrected chi connectivity index (χ4v) is 3.22. The number of hydrogen-bond acceptors (Lipinski definition) is 6. The molecule has 0 aliphatic rings. The number of rotatable bonds is 5. The summed E-state index contributed by atoms with van der Waals surface area (Å²) >= 11 is 1.70. The molecule has 0 spiro atoms. The standard InChI is InChI=1S/C15H17N5OS/c1-10(2)20-14(17-18-19-20)9-22-13-7-8-16-15-11(13)5-4-6-12(15)21-3/h4-8,10H,9H2,1-3H3. The topological polar surface area (TPSA) is 65.7 Å². The molecule has 3 aromatic rings. The predicted octanol–water partition coefficient (Wildman–Crippen LogP) is 3.10. The first-order valence-corrected chi connectivity index (χ1v) is 8.00. The van der Waals surface area contributed by atoms with Gasteiger partial charge in [-0.3, -0.25) is 4.98 Å². The Hall–Kier alpha value is -2.15. The number of aromatic nitrogens is 5. The second-order valence-electron chi connectivity index (χ2n) is 5.09. The van der Waals surface area contributed by atoms with Gasteiger partial charge in [0.25, 0.3) is 0 Å². The molecule has 0 aliphatic carbocycles. The van der Waals surface area contributed by atoms with Gasteiger partial charge in [0.1, 0.15) is 11.3 Å². The Balaban J connectivity index is 1.90. The molecule has 22 heavy (non-hydrogen) atoms. The van der Waals surface area contributed by atoms with Gasteiger partial charge in [-0.05, 0) is 36.4 Å². The van der Waals surface area contributed by atoms with Gasteiger partial charge in [0, 0.05) is 16.5 Å². The zero-order chi connectivity index (χ0) is 15.5. The first-order chi connectivity index (χ1) is 10.7. The lowest BCUT2D eigenvalue weighted by atomic mass is 10.2. The van der Waals surface area contributed by atoms with Gasteiger partial charge in [-0.1, -0.05) is 12.1 Å². The molecule has 0 N–H and O–H groups in total. The van der Waals surface area contributed by atoms with Crippen LogP contribution in [0.5, 0.6) is 5.75 Å². The third kappa shape index (κ3) is 2.76. The highest BCUT2D eigenvalue weighted by molar-refractivity contribution is 7.98. The molecule has 114 valence electrons. The van der Waals surface area contributed by atoms with E-state index in [1.165, 1.54) is 0 Å². The first-order valence-electron chi connectivity index (χ1n) is 7.02. The van der Waals surface area contributed by atoms with Gasteiger partial charge in [0.15, 0.2) is 5.82 Å². The molecule has 7 heteroatoms. The second-order valence-corrected chi connectivity index (χ2v) is 6.10. The molecule has 0 radical (unpaired) electrons. The minimum absolute atomic E-state index is 0.250. The average Bonchev–Trinajstić information content (AvgIpc) is 3.01. The molecule has 0 unspecified atom stereocenters. The fraction of sp³-hybridized carbons (Fsp3) is 0.333. The number of methoxy groups -OCH3 is 1. The van der Waals surface area contributed by atoms with E-state index < -0.39 is 0 Å². The molecule has 6 nitrogen and oxygen atoms in total. The summed E-state index contributed by atoms with van der Waals surface area (Å²) in [4.78, 5) is 5.56. The Kier molecular flexibility index (Phi) is 4.24. The first kappa shape index (κ1) is 14.8. The molecule has 0 atom stereocenters. The van der Waals surface area contributed by atoms with Crippen molar-refractivity contribution in [3.8, 4) is 5.75 Å². The fourth-order valence-electron chi connectivity index (χ4n) is 2.26. The predicted molar refractivity (Wildman–Crippen MR) is 86.1 cm³/mol. The van der Waals surface area contributed by atoms with Crippen LogP contribution in [0.4, 0.5) is 0 Å². The molecule has 2 heterocycles. The van der Waals surface area contributed by atoms with Gasteiger partial charge in [0.2, 0.25) is 0 Å². The Bertz CT molecular complexity index is 786. The highest BCUT2D eigenvalue weighted by Crippen LogP contribution is 2.32. The molecule has 3 rings (SSSR count). The van der Waals surface area contributed by atoms with E-state index in [1.54, 1.807) is 25.1 Å². The van der Waals surface area contributed by atoms with Gasteiger partial charge in [-0.25, -0.2) is 4.68 Å². The monoisotopic (exact) mass is 315 g/mol. The smallest absolute Gasteiger partial charge is 0.161 e. The van der Waals surface area contributed by atoms with Crippen molar-refractivity contribution in [2.75, 3.05) is 7.11 Å². The van der Waals surface area contributed by atoms with Crippen LogP contribution < -0.4 is 4.74 Å². The Morgan fingerprint density at radius 2 is 2.14 bits per heavy atom. The van der Waals surface area contributed by atoms with Gasteiger partial charge in [0.05, 0.1) is 18.9 Å². The van der Waals surface area contributed by atoms with E-state index in [-0.39, 0.29) is 6.04 Å². The maximum Gasteiger partial charge on any atom is 0.161 e. The number of para-hydroxylation sites is 1. The van der Waals surface area contributed by atoms with E-state index in [0.717, 1.165) is 27.4 Å². The molecule has 0 saturated heterocycles. The van der Waals surface area contributed by atoms with E-state index in [9.17, 15) is 0 Å². The summed E-state index contributed by atoms with van der Waals surface area (Å²) in [5.74, 6) is 2.36. The van der Waals surface area contributed by atoms with Crippen molar-refractivity contribution in [3.63, 3.8) is 0 Å². The normalized spacial score (nSPS) is 11.3. The summed E-state index contributed by atoms with van der Waals surface area (Å²) < 4.78 is 7.22. The molecular weight excluding hydrogens is 298 g/mol. The van der Waals surface area contributed by atoms with Crippen molar-refractivity contribution < 1.29 is 4.74 Å². The molecule has 2 aromatic heterocycles. The van der Waals surface area contributed by atoms with Crippen LogP contribution >= 0.6 is 11.8 Å². The molecular formula is C15H17N5OS. The maximum absolute atomic E-state index is 5.38. The van der Waals surface area contributed by atoms with Crippen LogP contribution in [-0.4, -0.2) is 32.3 Å². The lowest BCUT2D eigenvalue weighted by Crippen LogP contribution is -2.07. The van der Waals surface area contributed by atoms with E-state index in [2.05, 4.69) is 40.4 Å². The van der Waals surface area contributed by atoms with Gasteiger partial charge < -0.3 is 4.74 Å². The summed E-state index contributed by atoms with van der Waals surface area (Å²) in [6, 6.07) is 8.21. The zero-order valence-electron chi connectivity index (χ0n) is 12.7. The summed E-state index contributed by atoms with van der Waals surface area (Å²) in [5, 5.41) is 13.0. The summed E-state index contributed by atoms with van der Waals surface area (Å²) in [6.07, 6.45) is 1.80. The number of fused-ring (bicyclic) bond motifs is 1. The number of pyridine rings is 1. The van der Waals surface area contributed by atoms with Crippen LogP contribution in [0.25, 0.3) is 10.9 Å². The number of thioether (sulfide) groups is 1. The largest absolute Gasteiger partial charge is 0.494 e. The van der Waals surface area contributed by atoms with Gasteiger partial charge in [-0.2, -0.15) is 0 Å². The third-order valence-electron chi connectivity index (χ3n) is 3.32. The number of hydrogen-bond donors (Lipinski definition) is 0. The third-order valence-corrected chi connectivity index (χ3v) is 4.39. The van der Waals surface area contributed by atoms with Crippen LogP contribution in [0.2, 0.25) is 0 Å². The minimum atomic E-state index is 0.250. The van der Waals surface area contributed by atoms with Crippen LogP contribution in [0.3, 0.4) is 0 Å². The highest BCUT2D eigenvalue weighted by Gasteiger charge is 2.12. The van der Waals surface area contributed by atoms with E-state index in [1.807, 2.05) is 22.9 Å². The SMILES string of the molecule is COc1cccc2c(SCc3nnnn3C(C)C)ccnc12. The van der Waals surface area contributed by atoms with Crippen LogP contribution in [0.15, 0.2) is 35.4 Å². The average molecular weight is 315 g/mol. The number of nitrogens with zero attached hydrogens (tertiary/aromatic N) is 5. The number of tetrazole rings is 1.